The van der Waals surface area contributed by atoms with Gasteiger partial charge in [-0.2, -0.15) is 10.2 Å². The van der Waals surface area contributed by atoms with Gasteiger partial charge in [0.15, 0.2) is 5.11 Å². The number of ether oxygens (including phenoxy) is 1. The van der Waals surface area contributed by atoms with Crippen molar-refractivity contribution in [1.29, 1.82) is 0 Å². The summed E-state index contributed by atoms with van der Waals surface area (Å²) in [5, 5.41) is 15.4. The van der Waals surface area contributed by atoms with Crippen molar-refractivity contribution in [3.63, 3.8) is 0 Å². The lowest BCUT2D eigenvalue weighted by atomic mass is 10.4. The Balaban J connectivity index is 1.79. The predicted molar refractivity (Wildman–Crippen MR) is 89.9 cm³/mol. The van der Waals surface area contributed by atoms with Crippen LogP contribution in [0.5, 0.6) is 0 Å². The predicted octanol–water partition coefficient (Wildman–Crippen LogP) is 1.47. The third-order valence-corrected chi connectivity index (χ3v) is 3.30. The van der Waals surface area contributed by atoms with Crippen LogP contribution in [-0.4, -0.2) is 44.9 Å². The summed E-state index contributed by atoms with van der Waals surface area (Å²) >= 11 is 5.23. The second-order valence-corrected chi connectivity index (χ2v) is 5.27. The Bertz CT molecular complexity index is 594. The number of nitrogens with zero attached hydrogens (tertiary/aromatic N) is 4. The van der Waals surface area contributed by atoms with Crippen molar-refractivity contribution < 1.29 is 4.74 Å². The summed E-state index contributed by atoms with van der Waals surface area (Å²) in [5.74, 6) is 0. The number of thiocarbonyl (C=S) groups is 1. The van der Waals surface area contributed by atoms with E-state index >= 15 is 0 Å². The van der Waals surface area contributed by atoms with Crippen molar-refractivity contribution in [2.75, 3.05) is 25.6 Å². The van der Waals surface area contributed by atoms with E-state index in [2.05, 4.69) is 27.8 Å². The number of anilines is 1. The largest absolute Gasteiger partial charge is 0.385 e. The van der Waals surface area contributed by atoms with Gasteiger partial charge in [0.2, 0.25) is 0 Å². The van der Waals surface area contributed by atoms with Crippen LogP contribution in [0.15, 0.2) is 24.8 Å². The second kappa shape index (κ2) is 8.50. The monoisotopic (exact) mass is 322 g/mol. The Morgan fingerprint density at radius 1 is 1.27 bits per heavy atom. The molecule has 0 atom stereocenters. The summed E-state index contributed by atoms with van der Waals surface area (Å²) in [7, 11) is 1.69. The van der Waals surface area contributed by atoms with Gasteiger partial charge in [0, 0.05) is 44.8 Å². The number of aryl methyl sites for hydroxylation is 1. The molecule has 0 unspecified atom stereocenters. The minimum Gasteiger partial charge on any atom is -0.385 e. The summed E-state index contributed by atoms with van der Waals surface area (Å²) in [5.41, 5.74) is 1.99. The molecule has 120 valence electrons. The number of nitrogens with one attached hydrogen (secondary N) is 2. The third kappa shape index (κ3) is 5.12. The van der Waals surface area contributed by atoms with Gasteiger partial charge < -0.3 is 15.4 Å². The summed E-state index contributed by atoms with van der Waals surface area (Å²) in [4.78, 5) is 0. The summed E-state index contributed by atoms with van der Waals surface area (Å²) in [6.07, 6.45) is 8.48. The maximum atomic E-state index is 5.23. The molecule has 0 aliphatic rings. The molecule has 0 amide bonds. The molecular formula is C14H22N6OS. The number of aromatic nitrogens is 4. The molecule has 2 N–H and O–H groups in total. The maximum absolute atomic E-state index is 5.23. The molecule has 8 heteroatoms. The Hall–Kier alpha value is -1.93. The van der Waals surface area contributed by atoms with Gasteiger partial charge in [-0.05, 0) is 25.6 Å². The van der Waals surface area contributed by atoms with Crippen LogP contribution in [0.3, 0.4) is 0 Å². The quantitative estimate of drug-likeness (QED) is 0.567. The lowest BCUT2D eigenvalue weighted by Crippen LogP contribution is -2.29. The average molecular weight is 322 g/mol. The van der Waals surface area contributed by atoms with Crippen LogP contribution in [0.2, 0.25) is 0 Å². The van der Waals surface area contributed by atoms with Crippen LogP contribution in [0, 0.1) is 0 Å². The lowest BCUT2D eigenvalue weighted by molar-refractivity contribution is 0.196. The van der Waals surface area contributed by atoms with Crippen molar-refractivity contribution in [3.8, 4) is 0 Å². The molecular weight excluding hydrogens is 300 g/mol. The van der Waals surface area contributed by atoms with E-state index in [4.69, 9.17) is 17.0 Å². The molecule has 7 nitrogen and oxygen atoms in total. The third-order valence-electron chi connectivity index (χ3n) is 3.06. The number of hydrogen-bond acceptors (Lipinski definition) is 4. The van der Waals surface area contributed by atoms with E-state index in [1.807, 2.05) is 28.0 Å². The topological polar surface area (TPSA) is 68.9 Å². The van der Waals surface area contributed by atoms with E-state index in [0.29, 0.717) is 11.7 Å². The van der Waals surface area contributed by atoms with Crippen LogP contribution >= 0.6 is 12.2 Å². The smallest absolute Gasteiger partial charge is 0.170 e. The highest BCUT2D eigenvalue weighted by Crippen LogP contribution is 2.07. The highest BCUT2D eigenvalue weighted by atomic mass is 32.1. The molecule has 0 aliphatic heterocycles. The molecule has 0 fully saturated rings. The molecule has 2 aromatic rings. The first kappa shape index (κ1) is 16.4. The highest BCUT2D eigenvalue weighted by molar-refractivity contribution is 7.80. The lowest BCUT2D eigenvalue weighted by Gasteiger charge is -2.08. The van der Waals surface area contributed by atoms with Gasteiger partial charge in [-0.1, -0.05) is 0 Å². The Morgan fingerprint density at radius 3 is 2.82 bits per heavy atom. The first-order valence-electron chi connectivity index (χ1n) is 7.29. The van der Waals surface area contributed by atoms with Crippen molar-refractivity contribution in [2.24, 2.45) is 0 Å². The summed E-state index contributed by atoms with van der Waals surface area (Å²) < 4.78 is 8.74. The van der Waals surface area contributed by atoms with E-state index in [1.165, 1.54) is 0 Å². The molecule has 0 radical (unpaired) electrons. The SMILES string of the molecule is CCn1cc(Cn2cc(NC(=S)NCCCOC)cn2)cn1. The molecule has 0 aliphatic carbocycles. The molecule has 0 saturated carbocycles. The first-order chi connectivity index (χ1) is 10.7. The molecule has 0 bridgehead atoms. The molecule has 2 rings (SSSR count). The minimum absolute atomic E-state index is 0.592. The summed E-state index contributed by atoms with van der Waals surface area (Å²) in [6.45, 7) is 5.13. The van der Waals surface area contributed by atoms with Crippen molar-refractivity contribution in [3.05, 3.63) is 30.4 Å². The molecule has 2 heterocycles. The molecule has 22 heavy (non-hydrogen) atoms. The molecule has 2 aromatic heterocycles. The van der Waals surface area contributed by atoms with E-state index in [-0.39, 0.29) is 0 Å². The standard InChI is InChI=1S/C14H22N6OS/c1-3-19-9-12(7-16-19)10-20-11-13(8-17-20)18-14(22)15-5-4-6-21-2/h7-9,11H,3-6,10H2,1-2H3,(H2,15,18,22). The molecule has 0 spiro atoms. The zero-order chi connectivity index (χ0) is 15.8. The van der Waals surface area contributed by atoms with Gasteiger partial charge >= 0.3 is 0 Å². The van der Waals surface area contributed by atoms with Gasteiger partial charge in [-0.15, -0.1) is 0 Å². The normalized spacial score (nSPS) is 10.6. The summed E-state index contributed by atoms with van der Waals surface area (Å²) in [6, 6.07) is 0. The van der Waals surface area contributed by atoms with Gasteiger partial charge in [-0.3, -0.25) is 9.36 Å². The maximum Gasteiger partial charge on any atom is 0.170 e. The van der Waals surface area contributed by atoms with Gasteiger partial charge in [-0.25, -0.2) is 0 Å². The fourth-order valence-electron chi connectivity index (χ4n) is 1.96. The number of methoxy groups -OCH3 is 1. The van der Waals surface area contributed by atoms with E-state index in [9.17, 15) is 0 Å². The minimum atomic E-state index is 0.592. The first-order valence-corrected chi connectivity index (χ1v) is 7.69. The van der Waals surface area contributed by atoms with Crippen LogP contribution < -0.4 is 10.6 Å². The fourth-order valence-corrected chi connectivity index (χ4v) is 2.18. The fraction of sp³-hybridized carbons (Fsp3) is 0.500. The van der Waals surface area contributed by atoms with Crippen LogP contribution in [0.1, 0.15) is 18.9 Å². The molecule has 0 saturated heterocycles. The van der Waals surface area contributed by atoms with E-state index < -0.39 is 0 Å². The highest BCUT2D eigenvalue weighted by Gasteiger charge is 2.03. The zero-order valence-corrected chi connectivity index (χ0v) is 13.8. The van der Waals surface area contributed by atoms with Gasteiger partial charge in [0.1, 0.15) is 0 Å². The van der Waals surface area contributed by atoms with Crippen LogP contribution in [0.4, 0.5) is 5.69 Å². The van der Waals surface area contributed by atoms with Crippen molar-refractivity contribution in [1.82, 2.24) is 24.9 Å². The second-order valence-electron chi connectivity index (χ2n) is 4.86. The Labute approximate surface area is 135 Å². The zero-order valence-electron chi connectivity index (χ0n) is 13.0. The van der Waals surface area contributed by atoms with Crippen LogP contribution in [0.25, 0.3) is 0 Å². The van der Waals surface area contributed by atoms with Crippen molar-refractivity contribution >= 4 is 23.0 Å². The number of hydrogen-bond donors (Lipinski definition) is 2. The van der Waals surface area contributed by atoms with Gasteiger partial charge in [0.05, 0.1) is 24.6 Å². The van der Waals surface area contributed by atoms with E-state index in [0.717, 1.165) is 37.4 Å². The van der Waals surface area contributed by atoms with Crippen LogP contribution in [-0.2, 0) is 17.8 Å². The molecule has 0 aromatic carbocycles. The van der Waals surface area contributed by atoms with Gasteiger partial charge in [0.25, 0.3) is 0 Å². The Morgan fingerprint density at radius 2 is 2.09 bits per heavy atom. The van der Waals surface area contributed by atoms with Crippen molar-refractivity contribution in [2.45, 2.75) is 26.4 Å². The average Bonchev–Trinajstić information content (AvgIpc) is 3.13. The van der Waals surface area contributed by atoms with E-state index in [1.54, 1.807) is 13.3 Å². The Kier molecular flexibility index (Phi) is 6.35. The number of rotatable bonds is 8.